The number of nitrogens with zero attached hydrogens (tertiary/aromatic N) is 4. The minimum absolute atomic E-state index is 0. The second kappa shape index (κ2) is 11.5. The Morgan fingerprint density at radius 2 is 2.06 bits per heavy atom. The van der Waals surface area contributed by atoms with Crippen molar-refractivity contribution in [1.82, 2.24) is 25.7 Å². The Balaban J connectivity index is 0.00000272. The molecule has 1 atom stereocenters. The summed E-state index contributed by atoms with van der Waals surface area (Å²) in [4.78, 5) is 11.2. The fourth-order valence-electron chi connectivity index (χ4n) is 3.59. The molecule has 2 N–H and O–H groups in total. The molecule has 0 bridgehead atoms. The van der Waals surface area contributed by atoms with Crippen LogP contribution in [0.1, 0.15) is 30.5 Å². The average molecular weight is 557 g/mol. The highest BCUT2D eigenvalue weighted by molar-refractivity contribution is 14.0. The van der Waals surface area contributed by atoms with E-state index >= 15 is 0 Å². The molecule has 10 heteroatoms. The Morgan fingerprint density at radius 1 is 1.23 bits per heavy atom. The molecule has 0 spiro atoms. The maximum Gasteiger partial charge on any atom is 0.246 e. The van der Waals surface area contributed by atoms with Gasteiger partial charge in [0.05, 0.1) is 18.8 Å². The van der Waals surface area contributed by atoms with Gasteiger partial charge in [0.2, 0.25) is 11.7 Å². The van der Waals surface area contributed by atoms with E-state index in [-0.39, 0.29) is 30.0 Å². The summed E-state index contributed by atoms with van der Waals surface area (Å²) >= 11 is 6.03. The maximum absolute atomic E-state index is 6.03. The van der Waals surface area contributed by atoms with Crippen molar-refractivity contribution in [3.05, 3.63) is 59.3 Å². The van der Waals surface area contributed by atoms with Gasteiger partial charge in [-0.05, 0) is 50.2 Å². The molecule has 1 aliphatic rings. The zero-order valence-electron chi connectivity index (χ0n) is 17.3. The molecular formula is C21H26ClIN6O2. The molecule has 0 radical (unpaired) electrons. The summed E-state index contributed by atoms with van der Waals surface area (Å²) in [6.45, 7) is 3.20. The van der Waals surface area contributed by atoms with E-state index in [1.165, 1.54) is 12.8 Å². The Hall–Kier alpha value is -2.11. The first-order chi connectivity index (χ1) is 14.7. The number of aromatic nitrogens is 2. The summed E-state index contributed by atoms with van der Waals surface area (Å²) in [6.07, 6.45) is 4.16. The number of furan rings is 1. The summed E-state index contributed by atoms with van der Waals surface area (Å²) < 4.78 is 11.0. The second-order valence-electron chi connectivity index (χ2n) is 7.10. The normalized spacial score (nSPS) is 15.5. The van der Waals surface area contributed by atoms with Crippen LogP contribution < -0.4 is 10.6 Å². The van der Waals surface area contributed by atoms with Gasteiger partial charge in [0.25, 0.3) is 0 Å². The number of hydrogen-bond acceptors (Lipinski definition) is 6. The SMILES string of the molecule is CN=C(NCc1nc(-c2cccc(Cl)c2)no1)NCC(c1ccco1)N1CCCC1.I. The van der Waals surface area contributed by atoms with Crippen LogP contribution in [0.2, 0.25) is 5.02 Å². The van der Waals surface area contributed by atoms with Gasteiger partial charge in [-0.3, -0.25) is 9.89 Å². The summed E-state index contributed by atoms with van der Waals surface area (Å²) in [7, 11) is 1.73. The van der Waals surface area contributed by atoms with Crippen LogP contribution in [0, 0.1) is 0 Å². The summed E-state index contributed by atoms with van der Waals surface area (Å²) in [5.41, 5.74) is 0.812. The van der Waals surface area contributed by atoms with Crippen molar-refractivity contribution in [3.63, 3.8) is 0 Å². The van der Waals surface area contributed by atoms with Crippen molar-refractivity contribution in [2.75, 3.05) is 26.7 Å². The highest BCUT2D eigenvalue weighted by Crippen LogP contribution is 2.25. The number of guanidine groups is 1. The topological polar surface area (TPSA) is 91.7 Å². The molecule has 3 heterocycles. The van der Waals surface area contributed by atoms with Crippen LogP contribution >= 0.6 is 35.6 Å². The monoisotopic (exact) mass is 556 g/mol. The number of benzene rings is 1. The van der Waals surface area contributed by atoms with Crippen molar-refractivity contribution in [1.29, 1.82) is 0 Å². The van der Waals surface area contributed by atoms with Crippen LogP contribution in [0.5, 0.6) is 0 Å². The molecule has 31 heavy (non-hydrogen) atoms. The molecule has 2 aromatic heterocycles. The molecule has 4 rings (SSSR count). The van der Waals surface area contributed by atoms with Gasteiger partial charge in [0, 0.05) is 24.2 Å². The van der Waals surface area contributed by atoms with Gasteiger partial charge in [0.15, 0.2) is 5.96 Å². The molecule has 8 nitrogen and oxygen atoms in total. The van der Waals surface area contributed by atoms with E-state index in [2.05, 4.69) is 30.7 Å². The van der Waals surface area contributed by atoms with Crippen LogP contribution in [0.15, 0.2) is 56.6 Å². The van der Waals surface area contributed by atoms with Crippen LogP contribution in [-0.2, 0) is 6.54 Å². The van der Waals surface area contributed by atoms with Gasteiger partial charge in [-0.1, -0.05) is 28.9 Å². The van der Waals surface area contributed by atoms with E-state index in [1.54, 1.807) is 25.4 Å². The Labute approximate surface area is 203 Å². The zero-order valence-corrected chi connectivity index (χ0v) is 20.3. The maximum atomic E-state index is 6.03. The number of hydrogen-bond donors (Lipinski definition) is 2. The molecule has 1 aromatic carbocycles. The average Bonchev–Trinajstić information content (AvgIpc) is 3.54. The highest BCUT2D eigenvalue weighted by Gasteiger charge is 2.25. The fraction of sp³-hybridized carbons (Fsp3) is 0.381. The molecule has 3 aromatic rings. The Bertz CT molecular complexity index is 972. The highest BCUT2D eigenvalue weighted by atomic mass is 127. The quantitative estimate of drug-likeness (QED) is 0.257. The summed E-state index contributed by atoms with van der Waals surface area (Å²) in [5, 5.41) is 11.3. The lowest BCUT2D eigenvalue weighted by atomic mass is 10.2. The van der Waals surface area contributed by atoms with E-state index in [0.29, 0.717) is 35.8 Å². The summed E-state index contributed by atoms with van der Waals surface area (Å²) in [6, 6.07) is 11.5. The minimum Gasteiger partial charge on any atom is -0.468 e. The molecule has 0 saturated carbocycles. The van der Waals surface area contributed by atoms with Gasteiger partial charge >= 0.3 is 0 Å². The zero-order chi connectivity index (χ0) is 20.8. The van der Waals surface area contributed by atoms with E-state index in [1.807, 2.05) is 24.3 Å². The predicted octanol–water partition coefficient (Wildman–Crippen LogP) is 4.10. The van der Waals surface area contributed by atoms with Gasteiger partial charge in [-0.15, -0.1) is 24.0 Å². The van der Waals surface area contributed by atoms with Crippen molar-refractivity contribution in [2.24, 2.45) is 4.99 Å². The first-order valence-electron chi connectivity index (χ1n) is 10.0. The lowest BCUT2D eigenvalue weighted by molar-refractivity contribution is 0.215. The third kappa shape index (κ3) is 6.20. The Morgan fingerprint density at radius 3 is 2.77 bits per heavy atom. The molecule has 1 saturated heterocycles. The van der Waals surface area contributed by atoms with Crippen LogP contribution in [0.3, 0.4) is 0 Å². The molecule has 1 aliphatic heterocycles. The van der Waals surface area contributed by atoms with Crippen molar-refractivity contribution >= 4 is 41.5 Å². The Kier molecular flexibility index (Phi) is 8.73. The number of halogens is 2. The van der Waals surface area contributed by atoms with E-state index in [9.17, 15) is 0 Å². The third-order valence-electron chi connectivity index (χ3n) is 5.10. The standard InChI is InChI=1S/C21H25ClN6O2.HI/c1-23-21(24-13-17(18-8-5-11-29-18)28-9-2-3-10-28)25-14-19-26-20(27-30-19)15-6-4-7-16(22)12-15;/h4-8,11-12,17H,2-3,9-10,13-14H2,1H3,(H2,23,24,25);1H. The minimum atomic E-state index is 0. The van der Waals surface area contributed by atoms with Crippen molar-refractivity contribution < 1.29 is 8.94 Å². The fourth-order valence-corrected chi connectivity index (χ4v) is 3.78. The lowest BCUT2D eigenvalue weighted by Crippen LogP contribution is -2.42. The molecule has 0 aliphatic carbocycles. The van der Waals surface area contributed by atoms with Crippen LogP contribution in [0.25, 0.3) is 11.4 Å². The third-order valence-corrected chi connectivity index (χ3v) is 5.33. The number of rotatable bonds is 7. The molecule has 1 unspecified atom stereocenters. The summed E-state index contributed by atoms with van der Waals surface area (Å²) in [5.74, 6) is 2.59. The first kappa shape index (κ1) is 23.6. The van der Waals surface area contributed by atoms with Gasteiger partial charge in [-0.25, -0.2) is 0 Å². The van der Waals surface area contributed by atoms with Crippen molar-refractivity contribution in [2.45, 2.75) is 25.4 Å². The van der Waals surface area contributed by atoms with E-state index in [0.717, 1.165) is 24.4 Å². The molecule has 166 valence electrons. The number of aliphatic imine (C=N–C) groups is 1. The van der Waals surface area contributed by atoms with Crippen LogP contribution in [0.4, 0.5) is 0 Å². The lowest BCUT2D eigenvalue weighted by Gasteiger charge is -2.26. The number of nitrogens with one attached hydrogen (secondary N) is 2. The van der Waals surface area contributed by atoms with E-state index in [4.69, 9.17) is 20.5 Å². The smallest absolute Gasteiger partial charge is 0.246 e. The van der Waals surface area contributed by atoms with Crippen LogP contribution in [-0.4, -0.2) is 47.7 Å². The predicted molar refractivity (Wildman–Crippen MR) is 131 cm³/mol. The molecule has 1 fully saturated rings. The first-order valence-corrected chi connectivity index (χ1v) is 10.4. The van der Waals surface area contributed by atoms with Gasteiger partial charge in [-0.2, -0.15) is 4.98 Å². The number of likely N-dealkylation sites (tertiary alicyclic amines) is 1. The molecule has 0 amide bonds. The van der Waals surface area contributed by atoms with Gasteiger partial charge in [0.1, 0.15) is 5.76 Å². The van der Waals surface area contributed by atoms with Crippen molar-refractivity contribution in [3.8, 4) is 11.4 Å². The largest absolute Gasteiger partial charge is 0.468 e. The van der Waals surface area contributed by atoms with E-state index < -0.39 is 0 Å². The molecular weight excluding hydrogens is 531 g/mol. The van der Waals surface area contributed by atoms with Gasteiger partial charge < -0.3 is 19.6 Å². The second-order valence-corrected chi connectivity index (χ2v) is 7.54.